The van der Waals surface area contributed by atoms with Crippen molar-refractivity contribution in [3.05, 3.63) is 0 Å². The van der Waals surface area contributed by atoms with E-state index in [4.69, 9.17) is 9.84 Å². The second-order valence-electron chi connectivity index (χ2n) is 3.26. The highest BCUT2D eigenvalue weighted by Gasteiger charge is 2.28. The minimum atomic E-state index is -0.688. The Morgan fingerprint density at radius 2 is 1.82 bits per heavy atom. The molecule has 0 saturated carbocycles. The topological polar surface area (TPSA) is 46.5 Å². The van der Waals surface area contributed by atoms with Gasteiger partial charge in [0.2, 0.25) is 0 Å². The molecule has 1 aliphatic rings. The van der Waals surface area contributed by atoms with E-state index in [0.29, 0.717) is 12.8 Å². The molecule has 0 aliphatic carbocycles. The number of hydrogen-bond donors (Lipinski definition) is 1. The minimum Gasteiger partial charge on any atom is -0.481 e. The van der Waals surface area contributed by atoms with Gasteiger partial charge in [-0.1, -0.05) is 0 Å². The number of hydrogen-bond acceptors (Lipinski definition) is 2. The molecule has 1 N–H and O–H groups in total. The Labute approximate surface area is 66.4 Å². The van der Waals surface area contributed by atoms with Gasteiger partial charge in [-0.15, -0.1) is 0 Å². The lowest BCUT2D eigenvalue weighted by Gasteiger charge is -2.29. The summed E-state index contributed by atoms with van der Waals surface area (Å²) in [6.45, 7) is 3.84. The van der Waals surface area contributed by atoms with E-state index < -0.39 is 5.97 Å². The molecule has 1 saturated heterocycles. The molecule has 0 amide bonds. The van der Waals surface area contributed by atoms with Crippen molar-refractivity contribution < 1.29 is 14.6 Å². The Hall–Kier alpha value is -0.570. The van der Waals surface area contributed by atoms with Gasteiger partial charge in [0.25, 0.3) is 0 Å². The summed E-state index contributed by atoms with van der Waals surface area (Å²) in [7, 11) is 0. The van der Waals surface area contributed by atoms with Crippen molar-refractivity contribution in [2.75, 3.05) is 0 Å². The second-order valence-corrected chi connectivity index (χ2v) is 3.26. The largest absolute Gasteiger partial charge is 0.481 e. The molecule has 1 fully saturated rings. The van der Waals surface area contributed by atoms with Gasteiger partial charge in [0, 0.05) is 0 Å². The number of carboxylic acids is 1. The Morgan fingerprint density at radius 3 is 2.18 bits per heavy atom. The highest BCUT2D eigenvalue weighted by molar-refractivity contribution is 5.70. The number of carbonyl (C=O) groups is 1. The molecule has 11 heavy (non-hydrogen) atoms. The molecule has 0 aromatic carbocycles. The van der Waals surface area contributed by atoms with E-state index in [0.717, 1.165) is 0 Å². The van der Waals surface area contributed by atoms with Gasteiger partial charge in [0.1, 0.15) is 0 Å². The van der Waals surface area contributed by atoms with Crippen molar-refractivity contribution in [1.29, 1.82) is 0 Å². The zero-order chi connectivity index (χ0) is 8.43. The van der Waals surface area contributed by atoms with Crippen LogP contribution in [0.15, 0.2) is 0 Å². The van der Waals surface area contributed by atoms with E-state index in [1.54, 1.807) is 0 Å². The monoisotopic (exact) mass is 158 g/mol. The van der Waals surface area contributed by atoms with Gasteiger partial charge in [0.15, 0.2) is 0 Å². The Balaban J connectivity index is 2.49. The molecule has 0 radical (unpaired) electrons. The second kappa shape index (κ2) is 3.22. The van der Waals surface area contributed by atoms with Crippen LogP contribution in [0.3, 0.4) is 0 Å². The maximum atomic E-state index is 10.6. The highest BCUT2D eigenvalue weighted by Crippen LogP contribution is 2.24. The van der Waals surface area contributed by atoms with Crippen LogP contribution in [0.25, 0.3) is 0 Å². The van der Waals surface area contributed by atoms with Crippen molar-refractivity contribution in [1.82, 2.24) is 0 Å². The van der Waals surface area contributed by atoms with Crippen LogP contribution in [0.1, 0.15) is 26.7 Å². The molecular weight excluding hydrogens is 144 g/mol. The smallest absolute Gasteiger partial charge is 0.306 e. The Kier molecular flexibility index (Phi) is 2.49. The maximum Gasteiger partial charge on any atom is 0.306 e. The average molecular weight is 158 g/mol. The van der Waals surface area contributed by atoms with Gasteiger partial charge in [-0.25, -0.2) is 0 Å². The first-order chi connectivity index (χ1) is 5.09. The third-order valence-electron chi connectivity index (χ3n) is 2.05. The molecule has 64 valence electrons. The molecule has 3 atom stereocenters. The van der Waals surface area contributed by atoms with Crippen LogP contribution < -0.4 is 0 Å². The SMILES string of the molecule is CC1CC(C(=O)O)C[C@H](C)O1. The first kappa shape index (κ1) is 8.53. The summed E-state index contributed by atoms with van der Waals surface area (Å²) in [5.41, 5.74) is 0. The standard InChI is InChI=1S/C8H14O3/c1-5-3-7(8(9)10)4-6(2)11-5/h5-7H,3-4H2,1-2H3,(H,9,10)/t5-,6?,7?/m0/s1. The molecule has 3 nitrogen and oxygen atoms in total. The number of carboxylic acid groups (broad SMARTS) is 1. The van der Waals surface area contributed by atoms with Crippen molar-refractivity contribution in [2.24, 2.45) is 5.92 Å². The predicted octanol–water partition coefficient (Wildman–Crippen LogP) is 1.27. The van der Waals surface area contributed by atoms with Crippen LogP contribution in [0, 0.1) is 5.92 Å². The fourth-order valence-corrected chi connectivity index (χ4v) is 1.61. The van der Waals surface area contributed by atoms with Gasteiger partial charge in [0.05, 0.1) is 18.1 Å². The summed E-state index contributed by atoms with van der Waals surface area (Å²) in [6.07, 6.45) is 1.50. The molecule has 3 heteroatoms. The molecule has 1 aliphatic heterocycles. The Bertz CT molecular complexity index is 145. The zero-order valence-electron chi connectivity index (χ0n) is 6.91. The van der Waals surface area contributed by atoms with Crippen LogP contribution in [-0.4, -0.2) is 23.3 Å². The summed E-state index contributed by atoms with van der Waals surface area (Å²) in [6, 6.07) is 0. The molecule has 1 rings (SSSR count). The van der Waals surface area contributed by atoms with Gasteiger partial charge in [-0.3, -0.25) is 4.79 Å². The van der Waals surface area contributed by atoms with Crippen molar-refractivity contribution in [3.8, 4) is 0 Å². The quantitative estimate of drug-likeness (QED) is 0.625. The molecule has 1 heterocycles. The van der Waals surface area contributed by atoms with Gasteiger partial charge in [-0.05, 0) is 26.7 Å². The van der Waals surface area contributed by atoms with E-state index >= 15 is 0 Å². The summed E-state index contributed by atoms with van der Waals surface area (Å²) >= 11 is 0. The fraction of sp³-hybridized carbons (Fsp3) is 0.875. The summed E-state index contributed by atoms with van der Waals surface area (Å²) < 4.78 is 5.40. The van der Waals surface area contributed by atoms with Gasteiger partial charge >= 0.3 is 5.97 Å². The van der Waals surface area contributed by atoms with Crippen LogP contribution in [0.4, 0.5) is 0 Å². The third-order valence-corrected chi connectivity index (χ3v) is 2.05. The van der Waals surface area contributed by atoms with E-state index in [1.165, 1.54) is 0 Å². The molecule has 0 bridgehead atoms. The van der Waals surface area contributed by atoms with Crippen LogP contribution in [-0.2, 0) is 9.53 Å². The van der Waals surface area contributed by atoms with Crippen molar-refractivity contribution in [3.63, 3.8) is 0 Å². The molecular formula is C8H14O3. The molecule has 0 spiro atoms. The molecule has 0 aromatic rings. The fourth-order valence-electron chi connectivity index (χ4n) is 1.61. The minimum absolute atomic E-state index is 0.0971. The number of ether oxygens (including phenoxy) is 1. The summed E-state index contributed by atoms with van der Waals surface area (Å²) in [4.78, 5) is 10.6. The molecule has 0 aromatic heterocycles. The van der Waals surface area contributed by atoms with Gasteiger partial charge in [-0.2, -0.15) is 0 Å². The maximum absolute atomic E-state index is 10.6. The normalized spacial score (nSPS) is 38.5. The zero-order valence-corrected chi connectivity index (χ0v) is 6.91. The highest BCUT2D eigenvalue weighted by atomic mass is 16.5. The van der Waals surface area contributed by atoms with Crippen molar-refractivity contribution >= 4 is 5.97 Å². The van der Waals surface area contributed by atoms with Crippen LogP contribution in [0.2, 0.25) is 0 Å². The summed E-state index contributed by atoms with van der Waals surface area (Å²) in [5, 5.41) is 8.72. The lowest BCUT2D eigenvalue weighted by atomic mass is 9.93. The van der Waals surface area contributed by atoms with E-state index in [1.807, 2.05) is 13.8 Å². The average Bonchev–Trinajstić information content (AvgIpc) is 1.85. The van der Waals surface area contributed by atoms with E-state index in [9.17, 15) is 4.79 Å². The predicted molar refractivity (Wildman–Crippen MR) is 40.4 cm³/mol. The van der Waals surface area contributed by atoms with Crippen LogP contribution in [0.5, 0.6) is 0 Å². The first-order valence-corrected chi connectivity index (χ1v) is 3.98. The molecule has 2 unspecified atom stereocenters. The van der Waals surface area contributed by atoms with E-state index in [-0.39, 0.29) is 18.1 Å². The third kappa shape index (κ3) is 2.19. The number of rotatable bonds is 1. The first-order valence-electron chi connectivity index (χ1n) is 3.98. The van der Waals surface area contributed by atoms with Gasteiger partial charge < -0.3 is 9.84 Å². The van der Waals surface area contributed by atoms with E-state index in [2.05, 4.69) is 0 Å². The van der Waals surface area contributed by atoms with Crippen molar-refractivity contribution in [2.45, 2.75) is 38.9 Å². The lowest BCUT2D eigenvalue weighted by molar-refractivity contribution is -0.149. The lowest BCUT2D eigenvalue weighted by Crippen LogP contribution is -2.33. The van der Waals surface area contributed by atoms with Crippen LogP contribution >= 0.6 is 0 Å². The summed E-state index contributed by atoms with van der Waals surface area (Å²) in [5.74, 6) is -0.888. The Morgan fingerprint density at radius 1 is 1.36 bits per heavy atom. The number of aliphatic carboxylic acids is 1.